The first-order valence-corrected chi connectivity index (χ1v) is 6.05. The topological polar surface area (TPSA) is 63.8 Å². The monoisotopic (exact) mass is 232 g/mol. The lowest BCUT2D eigenvalue weighted by molar-refractivity contribution is 0.987. The maximum atomic E-state index is 5.70. The van der Waals surface area contributed by atoms with Gasteiger partial charge in [-0.1, -0.05) is 6.07 Å². The number of nitrogens with zero attached hydrogens (tertiary/aromatic N) is 2. The number of hydrogen-bond donors (Lipinski definition) is 2. The summed E-state index contributed by atoms with van der Waals surface area (Å²) in [6, 6.07) is 7.63. The Morgan fingerprint density at radius 2 is 2.25 bits per heavy atom. The smallest absolute Gasteiger partial charge is 0.207 e. The van der Waals surface area contributed by atoms with E-state index < -0.39 is 0 Å². The lowest BCUT2D eigenvalue weighted by Crippen LogP contribution is -1.92. The van der Waals surface area contributed by atoms with Gasteiger partial charge in [-0.3, -0.25) is 0 Å². The van der Waals surface area contributed by atoms with Gasteiger partial charge >= 0.3 is 0 Å². The van der Waals surface area contributed by atoms with Gasteiger partial charge in [-0.25, -0.2) is 4.98 Å². The highest BCUT2D eigenvalue weighted by atomic mass is 32.1. The molecule has 1 aromatic carbocycles. The average Bonchev–Trinajstić information content (AvgIpc) is 3.01. The first-order valence-electron chi connectivity index (χ1n) is 5.27. The lowest BCUT2D eigenvalue weighted by Gasteiger charge is -2.01. The molecule has 1 aliphatic rings. The van der Waals surface area contributed by atoms with Gasteiger partial charge in [0.2, 0.25) is 5.13 Å². The molecule has 0 saturated heterocycles. The Hall–Kier alpha value is -1.62. The Morgan fingerprint density at radius 1 is 1.38 bits per heavy atom. The zero-order chi connectivity index (χ0) is 11.0. The van der Waals surface area contributed by atoms with Crippen molar-refractivity contribution in [2.75, 3.05) is 11.1 Å². The number of aromatic nitrogens is 2. The fourth-order valence-electron chi connectivity index (χ4n) is 1.53. The van der Waals surface area contributed by atoms with Gasteiger partial charge in [0.1, 0.15) is 5.82 Å². The van der Waals surface area contributed by atoms with E-state index in [-0.39, 0.29) is 0 Å². The van der Waals surface area contributed by atoms with Crippen molar-refractivity contribution >= 4 is 28.0 Å². The van der Waals surface area contributed by atoms with Gasteiger partial charge in [-0.2, -0.15) is 4.37 Å². The standard InChI is InChI=1S/C11H12N4S/c12-8-2-1-3-9(6-8)13-11-14-10(15-16-11)7-4-5-7/h1-3,6-7H,4-5,12H2,(H,13,14,15). The maximum absolute atomic E-state index is 5.70. The number of nitrogens with two attached hydrogens (primary N) is 1. The number of benzene rings is 1. The molecule has 1 aliphatic carbocycles. The maximum Gasteiger partial charge on any atom is 0.207 e. The summed E-state index contributed by atoms with van der Waals surface area (Å²) in [4.78, 5) is 4.45. The first-order chi connectivity index (χ1) is 7.81. The number of anilines is 3. The van der Waals surface area contributed by atoms with Gasteiger partial charge in [0.25, 0.3) is 0 Å². The number of rotatable bonds is 3. The molecule has 82 valence electrons. The van der Waals surface area contributed by atoms with Crippen molar-refractivity contribution in [1.29, 1.82) is 0 Å². The largest absolute Gasteiger partial charge is 0.399 e. The third kappa shape index (κ3) is 1.99. The van der Waals surface area contributed by atoms with E-state index in [0.717, 1.165) is 22.3 Å². The summed E-state index contributed by atoms with van der Waals surface area (Å²) >= 11 is 1.41. The summed E-state index contributed by atoms with van der Waals surface area (Å²) in [5.41, 5.74) is 7.41. The van der Waals surface area contributed by atoms with Crippen LogP contribution in [0.2, 0.25) is 0 Å². The van der Waals surface area contributed by atoms with Crippen molar-refractivity contribution in [2.24, 2.45) is 0 Å². The zero-order valence-corrected chi connectivity index (χ0v) is 9.50. The molecule has 1 heterocycles. The summed E-state index contributed by atoms with van der Waals surface area (Å²) in [5.74, 6) is 1.59. The second-order valence-corrected chi connectivity index (χ2v) is 4.73. The van der Waals surface area contributed by atoms with Crippen molar-refractivity contribution in [3.63, 3.8) is 0 Å². The Balaban J connectivity index is 1.77. The van der Waals surface area contributed by atoms with E-state index >= 15 is 0 Å². The first kappa shape index (κ1) is 9.59. The minimum Gasteiger partial charge on any atom is -0.399 e. The minimum absolute atomic E-state index is 0.604. The highest BCUT2D eigenvalue weighted by Crippen LogP contribution is 2.39. The molecule has 4 nitrogen and oxygen atoms in total. The van der Waals surface area contributed by atoms with Gasteiger partial charge in [-0.05, 0) is 31.0 Å². The molecule has 1 saturated carbocycles. The molecule has 1 aromatic heterocycles. The van der Waals surface area contributed by atoms with Gasteiger partial charge in [0.15, 0.2) is 0 Å². The molecule has 0 spiro atoms. The molecule has 0 atom stereocenters. The Morgan fingerprint density at radius 3 is 3.00 bits per heavy atom. The van der Waals surface area contributed by atoms with Crippen molar-refractivity contribution in [1.82, 2.24) is 9.36 Å². The Labute approximate surface area is 97.7 Å². The molecular weight excluding hydrogens is 220 g/mol. The lowest BCUT2D eigenvalue weighted by atomic mass is 10.3. The molecule has 0 unspecified atom stereocenters. The van der Waals surface area contributed by atoms with E-state index in [2.05, 4.69) is 14.7 Å². The van der Waals surface area contributed by atoms with Crippen LogP contribution in [0.3, 0.4) is 0 Å². The molecule has 5 heteroatoms. The third-order valence-electron chi connectivity index (χ3n) is 2.52. The predicted octanol–water partition coefficient (Wildman–Crippen LogP) is 2.74. The highest BCUT2D eigenvalue weighted by Gasteiger charge is 2.27. The van der Waals surface area contributed by atoms with Crippen LogP contribution in [-0.4, -0.2) is 9.36 Å². The van der Waals surface area contributed by atoms with Gasteiger partial charge < -0.3 is 11.1 Å². The van der Waals surface area contributed by atoms with Crippen molar-refractivity contribution < 1.29 is 0 Å². The normalized spacial score (nSPS) is 15.0. The summed E-state index contributed by atoms with van der Waals surface area (Å²) in [6.45, 7) is 0. The third-order valence-corrected chi connectivity index (χ3v) is 3.17. The molecule has 3 N–H and O–H groups in total. The molecule has 0 aliphatic heterocycles. The van der Waals surface area contributed by atoms with Crippen LogP contribution in [0.25, 0.3) is 0 Å². The number of nitrogen functional groups attached to an aromatic ring is 1. The van der Waals surface area contributed by atoms with Crippen LogP contribution < -0.4 is 11.1 Å². The molecule has 0 bridgehead atoms. The van der Waals surface area contributed by atoms with Crippen molar-refractivity contribution in [3.05, 3.63) is 30.1 Å². The van der Waals surface area contributed by atoms with Crippen LogP contribution >= 0.6 is 11.5 Å². The molecule has 3 rings (SSSR count). The van der Waals surface area contributed by atoms with Crippen molar-refractivity contribution in [2.45, 2.75) is 18.8 Å². The summed E-state index contributed by atoms with van der Waals surface area (Å²) < 4.78 is 4.33. The van der Waals surface area contributed by atoms with Crippen LogP contribution in [0.5, 0.6) is 0 Å². The summed E-state index contributed by atoms with van der Waals surface area (Å²) in [5, 5.41) is 4.05. The van der Waals surface area contributed by atoms with Crippen molar-refractivity contribution in [3.8, 4) is 0 Å². The van der Waals surface area contributed by atoms with Crippen LogP contribution in [0, 0.1) is 0 Å². The molecule has 1 fully saturated rings. The zero-order valence-electron chi connectivity index (χ0n) is 8.68. The summed E-state index contributed by atoms with van der Waals surface area (Å²) in [7, 11) is 0. The molecule has 0 radical (unpaired) electrons. The summed E-state index contributed by atoms with van der Waals surface area (Å²) in [6.07, 6.45) is 2.46. The molecule has 2 aromatic rings. The minimum atomic E-state index is 0.604. The van der Waals surface area contributed by atoms with E-state index in [4.69, 9.17) is 5.73 Å². The van der Waals surface area contributed by atoms with Gasteiger partial charge in [-0.15, -0.1) is 0 Å². The number of hydrogen-bond acceptors (Lipinski definition) is 5. The van der Waals surface area contributed by atoms with Crippen LogP contribution in [0.15, 0.2) is 24.3 Å². The molecule has 0 amide bonds. The van der Waals surface area contributed by atoms with Crippen LogP contribution in [0.1, 0.15) is 24.6 Å². The van der Waals surface area contributed by atoms with Gasteiger partial charge in [0.05, 0.1) is 0 Å². The Bertz CT molecular complexity index is 504. The van der Waals surface area contributed by atoms with E-state index in [0.29, 0.717) is 5.92 Å². The van der Waals surface area contributed by atoms with Gasteiger partial charge in [0, 0.05) is 28.8 Å². The average molecular weight is 232 g/mol. The van der Waals surface area contributed by atoms with Crippen LogP contribution in [-0.2, 0) is 0 Å². The number of nitrogens with one attached hydrogen (secondary N) is 1. The predicted molar refractivity (Wildman–Crippen MR) is 66.0 cm³/mol. The molecule has 16 heavy (non-hydrogen) atoms. The SMILES string of the molecule is Nc1cccc(Nc2nc(C3CC3)ns2)c1. The second kappa shape index (κ2) is 3.75. The fraction of sp³-hybridized carbons (Fsp3) is 0.273. The van der Waals surface area contributed by atoms with E-state index in [1.165, 1.54) is 24.4 Å². The van der Waals surface area contributed by atoms with Crippen LogP contribution in [0.4, 0.5) is 16.5 Å². The molecular formula is C11H12N4S. The highest BCUT2D eigenvalue weighted by molar-refractivity contribution is 7.09. The van der Waals surface area contributed by atoms with E-state index in [9.17, 15) is 0 Å². The van der Waals surface area contributed by atoms with E-state index in [1.807, 2.05) is 24.3 Å². The Kier molecular flexibility index (Phi) is 2.25. The fourth-order valence-corrected chi connectivity index (χ4v) is 2.20. The quantitative estimate of drug-likeness (QED) is 0.799. The van der Waals surface area contributed by atoms with E-state index in [1.54, 1.807) is 0 Å². The second-order valence-electron chi connectivity index (χ2n) is 3.98.